The molecule has 1 aliphatic rings. The molecule has 0 aromatic heterocycles. The van der Waals surface area contributed by atoms with Crippen molar-refractivity contribution in [3.63, 3.8) is 0 Å². The first kappa shape index (κ1) is 18.1. The summed E-state index contributed by atoms with van der Waals surface area (Å²) in [6, 6.07) is 10.3. The van der Waals surface area contributed by atoms with Crippen molar-refractivity contribution in [2.24, 2.45) is 0 Å². The van der Waals surface area contributed by atoms with Crippen LogP contribution in [-0.4, -0.2) is 19.8 Å². The van der Waals surface area contributed by atoms with E-state index in [0.29, 0.717) is 0 Å². The van der Waals surface area contributed by atoms with Crippen LogP contribution in [-0.2, 0) is 6.42 Å². The van der Waals surface area contributed by atoms with Crippen LogP contribution in [0.4, 0.5) is 0 Å². The minimum atomic E-state index is -0.263. The molecular formula is C23H26O3. The van der Waals surface area contributed by atoms with Gasteiger partial charge in [-0.1, -0.05) is 18.7 Å². The number of benzene rings is 2. The molecule has 0 saturated heterocycles. The van der Waals surface area contributed by atoms with Crippen molar-refractivity contribution in [2.45, 2.75) is 32.8 Å². The number of ether oxygens (including phenoxy) is 3. The van der Waals surface area contributed by atoms with Crippen molar-refractivity contribution in [3.05, 3.63) is 65.2 Å². The van der Waals surface area contributed by atoms with Gasteiger partial charge in [-0.3, -0.25) is 0 Å². The van der Waals surface area contributed by atoms with Gasteiger partial charge in [0.15, 0.2) is 0 Å². The van der Waals surface area contributed by atoms with E-state index < -0.39 is 0 Å². The van der Waals surface area contributed by atoms with Gasteiger partial charge in [-0.15, -0.1) is 0 Å². The molecule has 0 amide bonds. The molecule has 0 bridgehead atoms. The van der Waals surface area contributed by atoms with Gasteiger partial charge in [0.2, 0.25) is 0 Å². The molecule has 2 aromatic rings. The molecule has 26 heavy (non-hydrogen) atoms. The summed E-state index contributed by atoms with van der Waals surface area (Å²) in [4.78, 5) is 0. The van der Waals surface area contributed by atoms with Crippen molar-refractivity contribution >= 4 is 11.6 Å². The normalized spacial score (nSPS) is 14.3. The third kappa shape index (κ3) is 3.62. The predicted octanol–water partition coefficient (Wildman–Crippen LogP) is 5.45. The molecule has 0 saturated carbocycles. The molecule has 3 rings (SSSR count). The molecule has 136 valence electrons. The summed E-state index contributed by atoms with van der Waals surface area (Å²) >= 11 is 0. The molecule has 3 heteroatoms. The van der Waals surface area contributed by atoms with E-state index in [9.17, 15) is 0 Å². The molecule has 0 unspecified atom stereocenters. The highest BCUT2D eigenvalue weighted by Gasteiger charge is 2.21. The minimum Gasteiger partial charge on any atom is -0.496 e. The maximum absolute atomic E-state index is 6.00. The van der Waals surface area contributed by atoms with Crippen molar-refractivity contribution < 1.29 is 14.2 Å². The number of hydrogen-bond donors (Lipinski definition) is 0. The van der Waals surface area contributed by atoms with Gasteiger partial charge >= 0.3 is 0 Å². The summed E-state index contributed by atoms with van der Waals surface area (Å²) < 4.78 is 16.9. The number of allylic oxidation sites excluding steroid dienone is 1. The summed E-state index contributed by atoms with van der Waals surface area (Å²) in [5, 5.41) is 0. The van der Waals surface area contributed by atoms with Crippen LogP contribution in [0.15, 0.2) is 43.0 Å². The quantitative estimate of drug-likeness (QED) is 0.717. The van der Waals surface area contributed by atoms with Gasteiger partial charge in [0.05, 0.1) is 14.2 Å². The molecule has 2 aromatic carbocycles. The summed E-state index contributed by atoms with van der Waals surface area (Å²) in [6.07, 6.45) is 4.92. The zero-order valence-corrected chi connectivity index (χ0v) is 16.2. The summed E-state index contributed by atoms with van der Waals surface area (Å²) in [7, 11) is 3.36. The van der Waals surface area contributed by atoms with E-state index in [4.69, 9.17) is 14.2 Å². The lowest BCUT2D eigenvalue weighted by molar-refractivity contribution is 0.159. The van der Waals surface area contributed by atoms with E-state index in [2.05, 4.69) is 44.7 Å². The number of fused-ring (bicyclic) bond motifs is 1. The van der Waals surface area contributed by atoms with Gasteiger partial charge in [0.1, 0.15) is 22.8 Å². The Bertz CT molecular complexity index is 850. The predicted molar refractivity (Wildman–Crippen MR) is 107 cm³/mol. The summed E-state index contributed by atoms with van der Waals surface area (Å²) in [5.41, 5.74) is 5.08. The maximum atomic E-state index is 6.00. The minimum absolute atomic E-state index is 0.263. The van der Waals surface area contributed by atoms with Crippen molar-refractivity contribution in [1.29, 1.82) is 0 Å². The first-order valence-electron chi connectivity index (χ1n) is 8.75. The highest BCUT2D eigenvalue weighted by molar-refractivity contribution is 5.72. The van der Waals surface area contributed by atoms with Crippen molar-refractivity contribution in [2.75, 3.05) is 14.2 Å². The average molecular weight is 350 g/mol. The maximum Gasteiger partial charge on any atom is 0.127 e. The monoisotopic (exact) mass is 350 g/mol. The second kappa shape index (κ2) is 6.91. The summed E-state index contributed by atoms with van der Waals surface area (Å²) in [6.45, 7) is 10.4. The lowest BCUT2D eigenvalue weighted by Crippen LogP contribution is -2.27. The molecule has 0 fully saturated rings. The van der Waals surface area contributed by atoms with Crippen LogP contribution in [0.1, 0.15) is 36.1 Å². The third-order valence-electron chi connectivity index (χ3n) is 4.68. The van der Waals surface area contributed by atoms with Gasteiger partial charge in [-0.25, -0.2) is 0 Å². The smallest absolute Gasteiger partial charge is 0.127 e. The molecule has 0 aliphatic carbocycles. The molecule has 3 nitrogen and oxygen atoms in total. The Kier molecular flexibility index (Phi) is 4.82. The molecule has 0 N–H and O–H groups in total. The van der Waals surface area contributed by atoms with E-state index >= 15 is 0 Å². The van der Waals surface area contributed by atoms with Crippen LogP contribution in [0.25, 0.3) is 11.6 Å². The summed E-state index contributed by atoms with van der Waals surface area (Å²) in [5.74, 6) is 2.57. The van der Waals surface area contributed by atoms with Crippen LogP contribution in [0.5, 0.6) is 17.2 Å². The topological polar surface area (TPSA) is 27.7 Å². The fraction of sp³-hybridized carbons (Fsp3) is 0.304. The SMILES string of the molecule is C=C(Cc1cc(OC)c(C)c(OC)c1)c1ccc2c(c1)C=CC(C)(C)O2. The molecule has 1 heterocycles. The van der Waals surface area contributed by atoms with Gasteiger partial charge in [-0.2, -0.15) is 0 Å². The Morgan fingerprint density at radius 3 is 2.35 bits per heavy atom. The van der Waals surface area contributed by atoms with Crippen LogP contribution in [0.3, 0.4) is 0 Å². The highest BCUT2D eigenvalue weighted by Crippen LogP contribution is 2.34. The lowest BCUT2D eigenvalue weighted by atomic mass is 9.95. The Hall–Kier alpha value is -2.68. The number of hydrogen-bond acceptors (Lipinski definition) is 3. The van der Waals surface area contributed by atoms with Gasteiger partial charge in [0.25, 0.3) is 0 Å². The number of rotatable bonds is 5. The van der Waals surface area contributed by atoms with Crippen LogP contribution in [0.2, 0.25) is 0 Å². The first-order chi connectivity index (χ1) is 12.3. The van der Waals surface area contributed by atoms with Crippen molar-refractivity contribution in [3.8, 4) is 17.2 Å². The lowest BCUT2D eigenvalue weighted by Gasteiger charge is -2.28. The molecule has 0 radical (unpaired) electrons. The largest absolute Gasteiger partial charge is 0.496 e. The van der Waals surface area contributed by atoms with Crippen LogP contribution < -0.4 is 14.2 Å². The molecule has 0 atom stereocenters. The van der Waals surface area contributed by atoms with Gasteiger partial charge < -0.3 is 14.2 Å². The Labute approximate surface area is 155 Å². The van der Waals surface area contributed by atoms with Crippen molar-refractivity contribution in [1.82, 2.24) is 0 Å². The molecule has 0 spiro atoms. The fourth-order valence-electron chi connectivity index (χ4n) is 3.19. The fourth-order valence-corrected chi connectivity index (χ4v) is 3.19. The van der Waals surface area contributed by atoms with E-state index in [1.165, 1.54) is 0 Å². The van der Waals surface area contributed by atoms with E-state index in [0.717, 1.165) is 51.5 Å². The molecule has 1 aliphatic heterocycles. The zero-order valence-electron chi connectivity index (χ0n) is 16.2. The van der Waals surface area contributed by atoms with Gasteiger partial charge in [-0.05, 0) is 74.2 Å². The standard InChI is InChI=1S/C23H26O3/c1-15(11-17-12-21(24-5)16(2)22(13-17)25-6)18-7-8-20-19(14-18)9-10-23(3,4)26-20/h7-10,12-14H,1,11H2,2-6H3. The Morgan fingerprint density at radius 1 is 1.08 bits per heavy atom. The van der Waals surface area contributed by atoms with Gasteiger partial charge in [0, 0.05) is 11.1 Å². The highest BCUT2D eigenvalue weighted by atomic mass is 16.5. The zero-order chi connectivity index (χ0) is 18.9. The van der Waals surface area contributed by atoms with E-state index in [1.54, 1.807) is 14.2 Å². The molecular weight excluding hydrogens is 324 g/mol. The van der Waals surface area contributed by atoms with E-state index in [-0.39, 0.29) is 5.60 Å². The first-order valence-corrected chi connectivity index (χ1v) is 8.75. The van der Waals surface area contributed by atoms with Crippen LogP contribution >= 0.6 is 0 Å². The van der Waals surface area contributed by atoms with Crippen LogP contribution in [0, 0.1) is 6.92 Å². The number of methoxy groups -OCH3 is 2. The van der Waals surface area contributed by atoms with E-state index in [1.807, 2.05) is 25.1 Å². The second-order valence-corrected chi connectivity index (χ2v) is 7.20. The Balaban J connectivity index is 1.85. The third-order valence-corrected chi connectivity index (χ3v) is 4.68. The average Bonchev–Trinajstić information content (AvgIpc) is 2.61. The second-order valence-electron chi connectivity index (χ2n) is 7.20. The Morgan fingerprint density at radius 2 is 1.73 bits per heavy atom.